The number of carbonyl (C=O) groups excluding carboxylic acids is 2. The third-order valence-electron chi connectivity index (χ3n) is 3.09. The van der Waals surface area contributed by atoms with Crippen LogP contribution in [0.1, 0.15) is 6.42 Å². The molecule has 0 bridgehead atoms. The topological polar surface area (TPSA) is 67.9 Å². The Morgan fingerprint density at radius 3 is 2.75 bits per heavy atom. The smallest absolute Gasteiger partial charge is 0.242 e. The van der Waals surface area contributed by atoms with Crippen LogP contribution in [-0.2, 0) is 9.59 Å². The molecule has 1 aliphatic rings. The van der Waals surface area contributed by atoms with Crippen LogP contribution in [-0.4, -0.2) is 50.1 Å². The Kier molecular flexibility index (Phi) is 4.81. The van der Waals surface area contributed by atoms with Crippen LogP contribution in [0.15, 0.2) is 24.3 Å². The zero-order valence-corrected chi connectivity index (χ0v) is 11.4. The summed E-state index contributed by atoms with van der Waals surface area (Å²) in [6.45, 7) is 1.31. The number of ether oxygens (including phenoxy) is 2. The van der Waals surface area contributed by atoms with Crippen LogP contribution in [0.25, 0.3) is 0 Å². The van der Waals surface area contributed by atoms with E-state index in [-0.39, 0.29) is 18.4 Å². The van der Waals surface area contributed by atoms with Gasteiger partial charge in [-0.25, -0.2) is 0 Å². The van der Waals surface area contributed by atoms with Crippen LogP contribution >= 0.6 is 0 Å². The summed E-state index contributed by atoms with van der Waals surface area (Å²) in [5.74, 6) is 1.13. The monoisotopic (exact) mass is 278 g/mol. The molecule has 0 saturated carbocycles. The highest BCUT2D eigenvalue weighted by molar-refractivity contribution is 5.87. The lowest BCUT2D eigenvalue weighted by molar-refractivity contribution is -0.130. The molecule has 0 radical (unpaired) electrons. The lowest BCUT2D eigenvalue weighted by Crippen LogP contribution is -2.37. The van der Waals surface area contributed by atoms with Crippen LogP contribution in [0.5, 0.6) is 11.5 Å². The number of hydrogen-bond donors (Lipinski definition) is 1. The Balaban J connectivity index is 1.85. The van der Waals surface area contributed by atoms with E-state index in [2.05, 4.69) is 5.32 Å². The van der Waals surface area contributed by atoms with Gasteiger partial charge in [0.2, 0.25) is 11.8 Å². The molecule has 0 aromatic heterocycles. The molecule has 1 saturated heterocycles. The van der Waals surface area contributed by atoms with E-state index in [1.54, 1.807) is 12.0 Å². The Hall–Kier alpha value is -2.24. The molecule has 6 heteroatoms. The van der Waals surface area contributed by atoms with Gasteiger partial charge in [0.1, 0.15) is 6.61 Å². The molecule has 0 aliphatic carbocycles. The first-order valence-electron chi connectivity index (χ1n) is 6.51. The third kappa shape index (κ3) is 3.63. The van der Waals surface area contributed by atoms with Crippen molar-refractivity contribution in [1.82, 2.24) is 10.2 Å². The highest BCUT2D eigenvalue weighted by Gasteiger charge is 2.19. The summed E-state index contributed by atoms with van der Waals surface area (Å²) < 4.78 is 10.8. The summed E-state index contributed by atoms with van der Waals surface area (Å²) >= 11 is 0. The minimum Gasteiger partial charge on any atom is -0.493 e. The van der Waals surface area contributed by atoms with Gasteiger partial charge in [-0.15, -0.1) is 0 Å². The van der Waals surface area contributed by atoms with Crippen molar-refractivity contribution >= 4 is 11.8 Å². The van der Waals surface area contributed by atoms with Gasteiger partial charge in [0, 0.05) is 13.0 Å². The summed E-state index contributed by atoms with van der Waals surface area (Å²) in [7, 11) is 1.58. The highest BCUT2D eigenvalue weighted by atomic mass is 16.5. The number of carbonyl (C=O) groups is 2. The van der Waals surface area contributed by atoms with Crippen molar-refractivity contribution in [2.45, 2.75) is 6.42 Å². The first-order valence-corrected chi connectivity index (χ1v) is 6.51. The van der Waals surface area contributed by atoms with Crippen molar-refractivity contribution in [3.05, 3.63) is 24.3 Å². The van der Waals surface area contributed by atoms with Gasteiger partial charge in [-0.1, -0.05) is 12.1 Å². The summed E-state index contributed by atoms with van der Waals surface area (Å²) in [6.07, 6.45) is 0.334. The van der Waals surface area contributed by atoms with Gasteiger partial charge in [-0.3, -0.25) is 9.59 Å². The van der Waals surface area contributed by atoms with Crippen LogP contribution in [0.4, 0.5) is 0 Å². The third-order valence-corrected chi connectivity index (χ3v) is 3.09. The van der Waals surface area contributed by atoms with Crippen LogP contribution in [0.2, 0.25) is 0 Å². The molecule has 6 nitrogen and oxygen atoms in total. The fourth-order valence-electron chi connectivity index (χ4n) is 1.98. The standard InChI is InChI=1S/C14H18N2O4/c1-19-11-4-2-3-5-12(11)20-9-8-16-7-6-13(17)15-10-14(16)18/h2-5H,6-10H2,1H3,(H,15,17). The SMILES string of the molecule is COc1ccccc1OCCN1CCC(=O)NCC1=O. The molecular weight excluding hydrogens is 260 g/mol. The number of rotatable bonds is 5. The van der Waals surface area contributed by atoms with Gasteiger partial charge < -0.3 is 19.7 Å². The number of nitrogens with zero attached hydrogens (tertiary/aromatic N) is 1. The van der Waals surface area contributed by atoms with Gasteiger partial charge in [0.25, 0.3) is 0 Å². The quantitative estimate of drug-likeness (QED) is 0.847. The molecule has 108 valence electrons. The summed E-state index contributed by atoms with van der Waals surface area (Å²) in [5, 5.41) is 2.56. The fourth-order valence-corrected chi connectivity index (χ4v) is 1.98. The molecule has 0 unspecified atom stereocenters. The lowest BCUT2D eigenvalue weighted by Gasteiger charge is -2.20. The minimum absolute atomic E-state index is 0.0630. The normalized spacial score (nSPS) is 15.6. The van der Waals surface area contributed by atoms with Gasteiger partial charge in [0.15, 0.2) is 11.5 Å². The zero-order chi connectivity index (χ0) is 14.4. The Morgan fingerprint density at radius 2 is 2.00 bits per heavy atom. The van der Waals surface area contributed by atoms with E-state index < -0.39 is 0 Å². The van der Waals surface area contributed by atoms with Gasteiger partial charge in [0.05, 0.1) is 20.2 Å². The van der Waals surface area contributed by atoms with Crippen molar-refractivity contribution < 1.29 is 19.1 Å². The molecule has 1 aromatic rings. The van der Waals surface area contributed by atoms with Crippen LogP contribution < -0.4 is 14.8 Å². The maximum Gasteiger partial charge on any atom is 0.242 e. The maximum atomic E-state index is 11.8. The van der Waals surface area contributed by atoms with Crippen LogP contribution in [0, 0.1) is 0 Å². The largest absolute Gasteiger partial charge is 0.493 e. The number of methoxy groups -OCH3 is 1. The Bertz CT molecular complexity index is 490. The summed E-state index contributed by atoms with van der Waals surface area (Å²) in [4.78, 5) is 24.6. The van der Waals surface area contributed by atoms with Gasteiger partial charge >= 0.3 is 0 Å². The first-order chi connectivity index (χ1) is 9.70. The van der Waals surface area contributed by atoms with Crippen molar-refractivity contribution in [3.63, 3.8) is 0 Å². The lowest BCUT2D eigenvalue weighted by atomic mass is 10.3. The van der Waals surface area contributed by atoms with E-state index in [4.69, 9.17) is 9.47 Å². The highest BCUT2D eigenvalue weighted by Crippen LogP contribution is 2.25. The number of benzene rings is 1. The number of para-hydroxylation sites is 2. The summed E-state index contributed by atoms with van der Waals surface area (Å²) in [5.41, 5.74) is 0. The first kappa shape index (κ1) is 14.2. The van der Waals surface area contributed by atoms with E-state index >= 15 is 0 Å². The molecule has 20 heavy (non-hydrogen) atoms. The van der Waals surface area contributed by atoms with E-state index in [9.17, 15) is 9.59 Å². The van der Waals surface area contributed by atoms with Crippen molar-refractivity contribution in [1.29, 1.82) is 0 Å². The molecule has 1 fully saturated rings. The van der Waals surface area contributed by atoms with Crippen LogP contribution in [0.3, 0.4) is 0 Å². The number of hydrogen-bond acceptors (Lipinski definition) is 4. The van der Waals surface area contributed by atoms with Crippen molar-refractivity contribution in [2.75, 3.05) is 33.4 Å². The van der Waals surface area contributed by atoms with Gasteiger partial charge in [-0.2, -0.15) is 0 Å². The zero-order valence-electron chi connectivity index (χ0n) is 11.4. The van der Waals surface area contributed by atoms with Crippen molar-refractivity contribution in [3.8, 4) is 11.5 Å². The molecule has 1 N–H and O–H groups in total. The second kappa shape index (κ2) is 6.79. The van der Waals surface area contributed by atoms with E-state index in [1.165, 1.54) is 0 Å². The van der Waals surface area contributed by atoms with E-state index in [1.807, 2.05) is 24.3 Å². The second-order valence-electron chi connectivity index (χ2n) is 4.41. The molecule has 1 heterocycles. The maximum absolute atomic E-state index is 11.8. The predicted molar refractivity (Wildman–Crippen MR) is 72.7 cm³/mol. The predicted octanol–water partition coefficient (Wildman–Crippen LogP) is 0.422. The minimum atomic E-state index is -0.0912. The average Bonchev–Trinajstić information content (AvgIpc) is 2.63. The molecule has 2 rings (SSSR count). The molecule has 1 aliphatic heterocycles. The summed E-state index contributed by atoms with van der Waals surface area (Å²) in [6, 6.07) is 7.35. The Morgan fingerprint density at radius 1 is 1.25 bits per heavy atom. The average molecular weight is 278 g/mol. The molecule has 0 spiro atoms. The van der Waals surface area contributed by atoms with E-state index in [0.29, 0.717) is 37.6 Å². The second-order valence-corrected chi connectivity index (χ2v) is 4.41. The number of amides is 2. The fraction of sp³-hybridized carbons (Fsp3) is 0.429. The molecule has 1 aromatic carbocycles. The van der Waals surface area contributed by atoms with Crippen molar-refractivity contribution in [2.24, 2.45) is 0 Å². The molecule has 2 amide bonds. The van der Waals surface area contributed by atoms with Gasteiger partial charge in [-0.05, 0) is 12.1 Å². The number of nitrogens with one attached hydrogen (secondary N) is 1. The van der Waals surface area contributed by atoms with E-state index in [0.717, 1.165) is 0 Å². The Labute approximate surface area is 117 Å². The molecule has 0 atom stereocenters. The molecular formula is C14H18N2O4.